The van der Waals surface area contributed by atoms with Gasteiger partial charge in [-0.3, -0.25) is 13.9 Å². The predicted molar refractivity (Wildman–Crippen MR) is 120 cm³/mol. The fourth-order valence-corrected chi connectivity index (χ4v) is 5.95. The van der Waals surface area contributed by atoms with E-state index in [1.807, 2.05) is 12.1 Å². The summed E-state index contributed by atoms with van der Waals surface area (Å²) in [4.78, 5) is 16.0. The van der Waals surface area contributed by atoms with Crippen molar-refractivity contribution in [3.8, 4) is 11.8 Å². The van der Waals surface area contributed by atoms with Crippen molar-refractivity contribution in [2.75, 3.05) is 20.2 Å². The van der Waals surface area contributed by atoms with Gasteiger partial charge in [0, 0.05) is 32.0 Å². The van der Waals surface area contributed by atoms with E-state index in [0.717, 1.165) is 50.8 Å². The third kappa shape index (κ3) is 3.88. The number of benzene rings is 2. The maximum absolute atomic E-state index is 12.9. The average molecular weight is 451 g/mol. The van der Waals surface area contributed by atoms with Gasteiger partial charge in [0.2, 0.25) is 0 Å². The highest BCUT2D eigenvalue weighted by molar-refractivity contribution is 7.80. The summed E-state index contributed by atoms with van der Waals surface area (Å²) in [6.45, 7) is 1.81. The van der Waals surface area contributed by atoms with E-state index in [4.69, 9.17) is 14.2 Å². The number of hydrogen-bond donors (Lipinski definition) is 0. The normalized spacial score (nSPS) is 23.0. The van der Waals surface area contributed by atoms with Crippen LogP contribution in [0.1, 0.15) is 52.7 Å². The van der Waals surface area contributed by atoms with Crippen molar-refractivity contribution in [3.05, 3.63) is 58.7 Å². The number of carbonyl (C=O) groups is 1. The Balaban J connectivity index is 1.26. The molecular weight excluding hydrogens is 424 g/mol. The van der Waals surface area contributed by atoms with Crippen LogP contribution < -0.4 is 4.74 Å². The van der Waals surface area contributed by atoms with Gasteiger partial charge in [0.1, 0.15) is 11.4 Å². The molecule has 3 aliphatic rings. The Hall–Kier alpha value is -2.53. The second-order valence-corrected chi connectivity index (χ2v) is 10.2. The second-order valence-electron chi connectivity index (χ2n) is 8.97. The average Bonchev–Trinajstić information content (AvgIpc) is 2.83. The standard InChI is InChI=1S/C25H26N2O4S/c1-30-32(29)21-6-7-24-22(14-21)23(28)15-25(31-24)8-10-27(11-9-25)20-5-4-18-12-17(16-26)2-3-19(18)13-20/h2-3,6-7,12,14,20H,4-5,8-11,13,15H2,1H3. The lowest BCUT2D eigenvalue weighted by Gasteiger charge is -2.46. The zero-order chi connectivity index (χ0) is 22.3. The van der Waals surface area contributed by atoms with Crippen LogP contribution in [0.4, 0.5) is 0 Å². The predicted octanol–water partition coefficient (Wildman–Crippen LogP) is 3.58. The van der Waals surface area contributed by atoms with Crippen LogP contribution in [-0.4, -0.2) is 46.7 Å². The number of nitrogens with zero attached hydrogens (tertiary/aromatic N) is 2. The first-order valence-electron chi connectivity index (χ1n) is 11.1. The maximum atomic E-state index is 12.9. The van der Waals surface area contributed by atoms with Gasteiger partial charge in [-0.2, -0.15) is 5.26 Å². The van der Waals surface area contributed by atoms with Crippen molar-refractivity contribution in [3.63, 3.8) is 0 Å². The van der Waals surface area contributed by atoms with Crippen molar-refractivity contribution in [1.29, 1.82) is 5.26 Å². The molecule has 32 heavy (non-hydrogen) atoms. The highest BCUT2D eigenvalue weighted by atomic mass is 32.2. The van der Waals surface area contributed by atoms with Crippen LogP contribution in [0.25, 0.3) is 0 Å². The van der Waals surface area contributed by atoms with Gasteiger partial charge in [-0.1, -0.05) is 6.07 Å². The quantitative estimate of drug-likeness (QED) is 0.711. The molecule has 1 aliphatic carbocycles. The van der Waals surface area contributed by atoms with Crippen molar-refractivity contribution < 1.29 is 17.9 Å². The van der Waals surface area contributed by atoms with E-state index < -0.39 is 16.7 Å². The molecule has 2 aliphatic heterocycles. The minimum atomic E-state index is -1.57. The Morgan fingerprint density at radius 3 is 2.75 bits per heavy atom. The van der Waals surface area contributed by atoms with Gasteiger partial charge in [0.05, 0.1) is 35.6 Å². The van der Waals surface area contributed by atoms with E-state index in [2.05, 4.69) is 17.0 Å². The summed E-state index contributed by atoms with van der Waals surface area (Å²) in [5.74, 6) is 0.640. The van der Waals surface area contributed by atoms with Gasteiger partial charge in [-0.15, -0.1) is 0 Å². The highest BCUT2D eigenvalue weighted by Crippen LogP contribution is 2.41. The molecule has 2 aromatic rings. The number of Topliss-reactive ketones (excluding diaryl/α,β-unsaturated/α-hetero) is 1. The van der Waals surface area contributed by atoms with E-state index in [1.54, 1.807) is 18.2 Å². The Kier molecular flexibility index (Phi) is 5.62. The van der Waals surface area contributed by atoms with E-state index in [1.165, 1.54) is 18.2 Å². The van der Waals surface area contributed by atoms with Gasteiger partial charge in [-0.05, 0) is 60.7 Å². The van der Waals surface area contributed by atoms with Gasteiger partial charge < -0.3 is 4.74 Å². The van der Waals surface area contributed by atoms with Gasteiger partial charge in [0.25, 0.3) is 0 Å². The molecule has 0 N–H and O–H groups in total. The zero-order valence-corrected chi connectivity index (χ0v) is 19.0. The Bertz CT molecular complexity index is 1130. The van der Waals surface area contributed by atoms with Crippen molar-refractivity contribution >= 4 is 16.9 Å². The van der Waals surface area contributed by atoms with Crippen LogP contribution in [-0.2, 0) is 28.1 Å². The second kappa shape index (κ2) is 8.43. The molecule has 6 nitrogen and oxygen atoms in total. The molecular formula is C25H26N2O4S. The Morgan fingerprint density at radius 1 is 1.19 bits per heavy atom. The highest BCUT2D eigenvalue weighted by Gasteiger charge is 2.44. The Morgan fingerprint density at radius 2 is 2.00 bits per heavy atom. The molecule has 2 aromatic carbocycles. The van der Waals surface area contributed by atoms with Crippen LogP contribution in [0.5, 0.6) is 5.75 Å². The number of hydrogen-bond acceptors (Lipinski definition) is 6. The molecule has 2 atom stereocenters. The van der Waals surface area contributed by atoms with Crippen LogP contribution >= 0.6 is 0 Å². The number of nitriles is 1. The summed E-state index contributed by atoms with van der Waals surface area (Å²) >= 11 is -1.57. The van der Waals surface area contributed by atoms with Gasteiger partial charge >= 0.3 is 0 Å². The third-order valence-corrected chi connectivity index (χ3v) is 8.11. The minimum absolute atomic E-state index is 0.0505. The number of carbonyl (C=O) groups excluding carboxylic acids is 1. The lowest BCUT2D eigenvalue weighted by molar-refractivity contribution is -0.0201. The van der Waals surface area contributed by atoms with Crippen LogP contribution in [0.15, 0.2) is 41.3 Å². The van der Waals surface area contributed by atoms with Crippen molar-refractivity contribution in [1.82, 2.24) is 4.90 Å². The molecule has 2 unspecified atom stereocenters. The molecule has 1 fully saturated rings. The largest absolute Gasteiger partial charge is 0.486 e. The van der Waals surface area contributed by atoms with Crippen molar-refractivity contribution in [2.24, 2.45) is 0 Å². The Labute approximate surface area is 190 Å². The number of piperidine rings is 1. The lowest BCUT2D eigenvalue weighted by atomic mass is 9.80. The summed E-state index contributed by atoms with van der Waals surface area (Å²) < 4.78 is 23.2. The van der Waals surface area contributed by atoms with E-state index in [0.29, 0.717) is 28.7 Å². The molecule has 0 aromatic heterocycles. The molecule has 0 radical (unpaired) electrons. The lowest BCUT2D eigenvalue weighted by Crippen LogP contribution is -2.54. The summed E-state index contributed by atoms with van der Waals surface area (Å²) in [5, 5.41) is 9.13. The van der Waals surface area contributed by atoms with Gasteiger partial charge in [-0.25, -0.2) is 4.21 Å². The maximum Gasteiger partial charge on any atom is 0.188 e. The monoisotopic (exact) mass is 450 g/mol. The number of likely N-dealkylation sites (tertiary alicyclic amines) is 1. The molecule has 0 amide bonds. The first kappa shape index (κ1) is 21.3. The molecule has 2 heterocycles. The minimum Gasteiger partial charge on any atom is -0.486 e. The number of fused-ring (bicyclic) bond motifs is 2. The van der Waals surface area contributed by atoms with E-state index >= 15 is 0 Å². The van der Waals surface area contributed by atoms with E-state index in [-0.39, 0.29) is 5.78 Å². The smallest absolute Gasteiger partial charge is 0.188 e. The number of aryl methyl sites for hydroxylation is 1. The SMILES string of the molecule is COS(=O)c1ccc2c(c1)C(=O)CC1(CCN(C3CCc4cc(C#N)ccc4C3)CC1)O2. The summed E-state index contributed by atoms with van der Waals surface area (Å²) in [6.07, 6.45) is 5.11. The third-order valence-electron chi connectivity index (χ3n) is 7.17. The molecule has 1 spiro atoms. The van der Waals surface area contributed by atoms with E-state index in [9.17, 15) is 9.00 Å². The number of ketones is 1. The first-order valence-corrected chi connectivity index (χ1v) is 12.2. The number of ether oxygens (including phenoxy) is 1. The molecule has 166 valence electrons. The molecule has 0 saturated carbocycles. The van der Waals surface area contributed by atoms with Crippen LogP contribution in [0, 0.1) is 11.3 Å². The molecule has 7 heteroatoms. The van der Waals surface area contributed by atoms with Crippen molar-refractivity contribution in [2.45, 2.75) is 55.1 Å². The molecule has 5 rings (SSSR count). The summed E-state index contributed by atoms with van der Waals surface area (Å²) in [5.41, 5.74) is 3.45. The van der Waals surface area contributed by atoms with Crippen LogP contribution in [0.2, 0.25) is 0 Å². The van der Waals surface area contributed by atoms with Crippen LogP contribution in [0.3, 0.4) is 0 Å². The first-order chi connectivity index (χ1) is 15.5. The fraction of sp³-hybridized carbons (Fsp3) is 0.440. The fourth-order valence-electron chi connectivity index (χ4n) is 5.37. The molecule has 0 bridgehead atoms. The number of rotatable bonds is 3. The van der Waals surface area contributed by atoms with Gasteiger partial charge in [0.15, 0.2) is 16.9 Å². The molecule has 1 saturated heterocycles. The summed E-state index contributed by atoms with van der Waals surface area (Å²) in [6, 6.07) is 13.9. The topological polar surface area (TPSA) is 79.6 Å². The zero-order valence-electron chi connectivity index (χ0n) is 18.1. The summed E-state index contributed by atoms with van der Waals surface area (Å²) in [7, 11) is 1.38.